The summed E-state index contributed by atoms with van der Waals surface area (Å²) in [7, 11) is 0. The SMILES string of the molecule is Oc1c(-c2ccc(F)cc2)cccc1C(F)(F)F. The number of para-hydroxylation sites is 1. The number of phenolic OH excluding ortho intramolecular Hbond substituents is 1. The summed E-state index contributed by atoms with van der Waals surface area (Å²) < 4.78 is 50.5. The van der Waals surface area contributed by atoms with Gasteiger partial charge in [-0.1, -0.05) is 24.3 Å². The van der Waals surface area contributed by atoms with Crippen LogP contribution in [0, 0.1) is 5.82 Å². The molecule has 0 saturated carbocycles. The van der Waals surface area contributed by atoms with Gasteiger partial charge in [0.15, 0.2) is 0 Å². The molecule has 1 nitrogen and oxygen atoms in total. The molecule has 0 amide bonds. The summed E-state index contributed by atoms with van der Waals surface area (Å²) in [6.45, 7) is 0. The smallest absolute Gasteiger partial charge is 0.419 e. The van der Waals surface area contributed by atoms with Gasteiger partial charge in [-0.2, -0.15) is 13.2 Å². The van der Waals surface area contributed by atoms with Crippen molar-refractivity contribution in [2.75, 3.05) is 0 Å². The molecule has 1 N–H and O–H groups in total. The van der Waals surface area contributed by atoms with Gasteiger partial charge >= 0.3 is 6.18 Å². The highest BCUT2D eigenvalue weighted by atomic mass is 19.4. The summed E-state index contributed by atoms with van der Waals surface area (Å²) in [6.07, 6.45) is -4.62. The lowest BCUT2D eigenvalue weighted by molar-refractivity contribution is -0.138. The highest BCUT2D eigenvalue weighted by Crippen LogP contribution is 2.40. The van der Waals surface area contributed by atoms with E-state index in [1.54, 1.807) is 0 Å². The molecule has 2 aromatic rings. The van der Waals surface area contributed by atoms with Gasteiger partial charge in [-0.3, -0.25) is 0 Å². The molecule has 0 aliphatic rings. The third-order valence-corrected chi connectivity index (χ3v) is 2.50. The van der Waals surface area contributed by atoms with E-state index >= 15 is 0 Å². The Morgan fingerprint density at radius 2 is 1.50 bits per heavy atom. The molecule has 0 aromatic heterocycles. The molecular weight excluding hydrogens is 248 g/mol. The Morgan fingerprint density at radius 3 is 2.06 bits per heavy atom. The van der Waals surface area contributed by atoms with Gasteiger partial charge < -0.3 is 5.11 Å². The Kier molecular flexibility index (Phi) is 2.98. The molecule has 2 rings (SSSR count). The molecule has 0 atom stereocenters. The van der Waals surface area contributed by atoms with Crippen molar-refractivity contribution in [2.45, 2.75) is 6.18 Å². The molecule has 0 bridgehead atoms. The Hall–Kier alpha value is -2.04. The maximum atomic E-state index is 12.7. The van der Waals surface area contributed by atoms with E-state index in [-0.39, 0.29) is 5.56 Å². The number of hydrogen-bond donors (Lipinski definition) is 1. The fourth-order valence-electron chi connectivity index (χ4n) is 1.63. The van der Waals surface area contributed by atoms with Crippen molar-refractivity contribution in [3.63, 3.8) is 0 Å². The minimum absolute atomic E-state index is 0.0184. The van der Waals surface area contributed by atoms with E-state index in [4.69, 9.17) is 0 Å². The normalized spacial score (nSPS) is 11.6. The van der Waals surface area contributed by atoms with Crippen LogP contribution in [0.25, 0.3) is 11.1 Å². The number of alkyl halides is 3. The van der Waals surface area contributed by atoms with Gasteiger partial charge in [-0.25, -0.2) is 4.39 Å². The molecule has 0 radical (unpaired) electrons. The van der Waals surface area contributed by atoms with Gasteiger partial charge in [0.1, 0.15) is 11.6 Å². The first-order chi connectivity index (χ1) is 8.39. The molecular formula is C13H8F4O. The zero-order chi connectivity index (χ0) is 13.3. The average Bonchev–Trinajstić information content (AvgIpc) is 2.29. The van der Waals surface area contributed by atoms with Gasteiger partial charge in [0, 0.05) is 5.56 Å². The molecule has 0 unspecified atom stereocenters. The monoisotopic (exact) mass is 256 g/mol. The maximum absolute atomic E-state index is 12.7. The van der Waals surface area contributed by atoms with E-state index in [1.807, 2.05) is 0 Å². The van der Waals surface area contributed by atoms with Crippen molar-refractivity contribution in [2.24, 2.45) is 0 Å². The summed E-state index contributed by atoms with van der Waals surface area (Å²) in [4.78, 5) is 0. The van der Waals surface area contributed by atoms with Crippen LogP contribution in [0.1, 0.15) is 5.56 Å². The van der Waals surface area contributed by atoms with E-state index < -0.39 is 23.3 Å². The third kappa shape index (κ3) is 2.30. The quantitative estimate of drug-likeness (QED) is 0.757. The second-order valence-electron chi connectivity index (χ2n) is 3.71. The standard InChI is InChI=1S/C13H8F4O/c14-9-6-4-8(5-7-9)10-2-1-3-11(12(10)18)13(15,16)17/h1-7,18H. The van der Waals surface area contributed by atoms with Crippen molar-refractivity contribution < 1.29 is 22.7 Å². The Balaban J connectivity index is 2.56. The lowest BCUT2D eigenvalue weighted by Gasteiger charge is -2.12. The number of hydrogen-bond acceptors (Lipinski definition) is 1. The molecule has 0 fully saturated rings. The molecule has 5 heteroatoms. The van der Waals surface area contributed by atoms with Crippen LogP contribution in [0.3, 0.4) is 0 Å². The van der Waals surface area contributed by atoms with Crippen molar-refractivity contribution >= 4 is 0 Å². The summed E-state index contributed by atoms with van der Waals surface area (Å²) >= 11 is 0. The minimum Gasteiger partial charge on any atom is -0.507 e. The predicted molar refractivity (Wildman–Crippen MR) is 58.5 cm³/mol. The van der Waals surface area contributed by atoms with Gasteiger partial charge in [-0.05, 0) is 23.8 Å². The van der Waals surface area contributed by atoms with Crippen LogP contribution < -0.4 is 0 Å². The summed E-state index contributed by atoms with van der Waals surface area (Å²) in [5, 5.41) is 9.63. The Bertz CT molecular complexity index is 558. The number of halogens is 4. The highest BCUT2D eigenvalue weighted by molar-refractivity contribution is 5.71. The Labute approximate surface area is 100 Å². The highest BCUT2D eigenvalue weighted by Gasteiger charge is 2.34. The van der Waals surface area contributed by atoms with E-state index in [0.29, 0.717) is 5.56 Å². The van der Waals surface area contributed by atoms with Crippen molar-refractivity contribution in [3.05, 3.63) is 53.8 Å². The van der Waals surface area contributed by atoms with Crippen molar-refractivity contribution in [3.8, 4) is 16.9 Å². The topological polar surface area (TPSA) is 20.2 Å². The largest absolute Gasteiger partial charge is 0.507 e. The van der Waals surface area contributed by atoms with E-state index in [2.05, 4.69) is 0 Å². The molecule has 0 aliphatic heterocycles. The van der Waals surface area contributed by atoms with Crippen LogP contribution in [0.5, 0.6) is 5.75 Å². The summed E-state index contributed by atoms with van der Waals surface area (Å²) in [5.41, 5.74) is -0.769. The van der Waals surface area contributed by atoms with Crippen LogP contribution in [0.2, 0.25) is 0 Å². The first-order valence-corrected chi connectivity index (χ1v) is 5.04. The molecule has 18 heavy (non-hydrogen) atoms. The first kappa shape index (κ1) is 12.4. The minimum atomic E-state index is -4.62. The zero-order valence-electron chi connectivity index (χ0n) is 9.00. The Morgan fingerprint density at radius 1 is 0.889 bits per heavy atom. The van der Waals surface area contributed by atoms with E-state index in [1.165, 1.54) is 24.3 Å². The first-order valence-electron chi connectivity index (χ1n) is 5.04. The van der Waals surface area contributed by atoms with Crippen LogP contribution in [-0.2, 0) is 6.18 Å². The average molecular weight is 256 g/mol. The van der Waals surface area contributed by atoms with Crippen LogP contribution in [-0.4, -0.2) is 5.11 Å². The molecule has 2 aromatic carbocycles. The predicted octanol–water partition coefficient (Wildman–Crippen LogP) is 4.22. The van der Waals surface area contributed by atoms with Crippen LogP contribution in [0.4, 0.5) is 17.6 Å². The van der Waals surface area contributed by atoms with Crippen molar-refractivity contribution in [1.29, 1.82) is 0 Å². The fourth-order valence-corrected chi connectivity index (χ4v) is 1.63. The molecule has 94 valence electrons. The fraction of sp³-hybridized carbons (Fsp3) is 0.0769. The van der Waals surface area contributed by atoms with Gasteiger partial charge in [0.25, 0.3) is 0 Å². The molecule has 0 spiro atoms. The number of phenols is 1. The lowest BCUT2D eigenvalue weighted by atomic mass is 10.0. The molecule has 0 saturated heterocycles. The number of benzene rings is 2. The van der Waals surface area contributed by atoms with Gasteiger partial charge in [0.2, 0.25) is 0 Å². The summed E-state index contributed by atoms with van der Waals surface area (Å²) in [6, 6.07) is 8.19. The third-order valence-electron chi connectivity index (χ3n) is 2.50. The van der Waals surface area contributed by atoms with Gasteiger partial charge in [-0.15, -0.1) is 0 Å². The van der Waals surface area contributed by atoms with E-state index in [9.17, 15) is 22.7 Å². The van der Waals surface area contributed by atoms with E-state index in [0.717, 1.165) is 18.2 Å². The molecule has 0 heterocycles. The van der Waals surface area contributed by atoms with Crippen LogP contribution in [0.15, 0.2) is 42.5 Å². The summed E-state index contributed by atoms with van der Waals surface area (Å²) in [5.74, 6) is -1.35. The number of aromatic hydroxyl groups is 1. The second-order valence-corrected chi connectivity index (χ2v) is 3.71. The molecule has 0 aliphatic carbocycles. The number of rotatable bonds is 1. The zero-order valence-corrected chi connectivity index (χ0v) is 9.00. The second kappa shape index (κ2) is 4.33. The van der Waals surface area contributed by atoms with Gasteiger partial charge in [0.05, 0.1) is 5.56 Å². The maximum Gasteiger partial charge on any atom is 0.419 e. The lowest BCUT2D eigenvalue weighted by Crippen LogP contribution is -2.05. The van der Waals surface area contributed by atoms with Crippen LogP contribution >= 0.6 is 0 Å². The van der Waals surface area contributed by atoms with Crippen molar-refractivity contribution in [1.82, 2.24) is 0 Å².